The largest absolute Gasteiger partial charge is 0.318 e. The zero-order chi connectivity index (χ0) is 14.2. The number of hydrogen-bond donors (Lipinski definition) is 1. The molecule has 0 bridgehead atoms. The van der Waals surface area contributed by atoms with Gasteiger partial charge in [0.1, 0.15) is 18.4 Å². The van der Waals surface area contributed by atoms with Gasteiger partial charge in [0.25, 0.3) is 5.91 Å². The number of nitrogens with zero attached hydrogens (tertiary/aromatic N) is 1. The van der Waals surface area contributed by atoms with E-state index < -0.39 is 29.6 Å². The van der Waals surface area contributed by atoms with Crippen molar-refractivity contribution < 1.29 is 18.8 Å². The first-order chi connectivity index (χ1) is 8.90. The number of halogens is 1. The van der Waals surface area contributed by atoms with Crippen LogP contribution < -0.4 is 5.32 Å². The van der Waals surface area contributed by atoms with Crippen LogP contribution in [0, 0.1) is 12.7 Å². The molecule has 1 saturated heterocycles. The highest BCUT2D eigenvalue weighted by molar-refractivity contribution is 6.07. The Bertz CT molecular complexity index is 571. The number of carbonyl (C=O) groups excluding carboxylic acids is 3. The molecule has 1 atom stereocenters. The minimum Gasteiger partial charge on any atom is -0.318 e. The summed E-state index contributed by atoms with van der Waals surface area (Å²) in [5.41, 5.74) is 0.756. The first kappa shape index (κ1) is 13.2. The quantitative estimate of drug-likeness (QED) is 0.756. The number of aryl methyl sites for hydroxylation is 1. The number of rotatable bonds is 1. The van der Waals surface area contributed by atoms with Crippen molar-refractivity contribution in [1.29, 1.82) is 0 Å². The molecule has 5 nitrogen and oxygen atoms in total. The molecule has 1 unspecified atom stereocenters. The van der Waals surface area contributed by atoms with Gasteiger partial charge in [-0.3, -0.25) is 19.7 Å². The van der Waals surface area contributed by atoms with Crippen molar-refractivity contribution in [3.05, 3.63) is 35.1 Å². The first-order valence-corrected chi connectivity index (χ1v) is 5.81. The monoisotopic (exact) mass is 264 g/mol. The van der Waals surface area contributed by atoms with Crippen molar-refractivity contribution in [2.24, 2.45) is 0 Å². The van der Waals surface area contributed by atoms with Gasteiger partial charge in [0.2, 0.25) is 11.8 Å². The lowest BCUT2D eigenvalue weighted by Gasteiger charge is -2.32. The molecule has 0 spiro atoms. The van der Waals surface area contributed by atoms with Crippen LogP contribution >= 0.6 is 0 Å². The topological polar surface area (TPSA) is 66.5 Å². The van der Waals surface area contributed by atoms with E-state index in [9.17, 15) is 18.8 Å². The van der Waals surface area contributed by atoms with Crippen molar-refractivity contribution in [2.75, 3.05) is 6.54 Å². The van der Waals surface area contributed by atoms with Gasteiger partial charge < -0.3 is 4.90 Å². The number of amides is 3. The summed E-state index contributed by atoms with van der Waals surface area (Å²) in [6.45, 7) is 2.97. The molecule has 1 aromatic carbocycles. The number of benzene rings is 1. The molecule has 0 aromatic heterocycles. The van der Waals surface area contributed by atoms with Crippen molar-refractivity contribution >= 4 is 17.7 Å². The normalized spacial score (nSPS) is 19.3. The Morgan fingerprint density at radius 3 is 2.74 bits per heavy atom. The second kappa shape index (κ2) is 4.79. The predicted octanol–water partition coefficient (Wildman–Crippen LogP) is 0.621. The Balaban J connectivity index is 2.32. The van der Waals surface area contributed by atoms with Crippen LogP contribution in [0.3, 0.4) is 0 Å². The van der Waals surface area contributed by atoms with E-state index in [0.717, 1.165) is 0 Å². The van der Waals surface area contributed by atoms with E-state index in [2.05, 4.69) is 5.32 Å². The van der Waals surface area contributed by atoms with Crippen LogP contribution in [0.15, 0.2) is 18.2 Å². The molecule has 3 amide bonds. The molecule has 0 saturated carbocycles. The molecule has 1 aliphatic heterocycles. The van der Waals surface area contributed by atoms with Crippen molar-refractivity contribution in [3.63, 3.8) is 0 Å². The summed E-state index contributed by atoms with van der Waals surface area (Å²) in [5, 5.41) is 2.16. The molecule has 0 aliphatic carbocycles. The third kappa shape index (κ3) is 2.47. The maximum atomic E-state index is 13.0. The van der Waals surface area contributed by atoms with E-state index in [0.29, 0.717) is 5.56 Å². The van der Waals surface area contributed by atoms with Crippen LogP contribution in [0.5, 0.6) is 0 Å². The Morgan fingerprint density at radius 2 is 2.11 bits per heavy atom. The minimum absolute atomic E-state index is 0.178. The van der Waals surface area contributed by atoms with Crippen LogP contribution in [0.1, 0.15) is 22.8 Å². The molecule has 19 heavy (non-hydrogen) atoms. The Hall–Kier alpha value is -2.24. The van der Waals surface area contributed by atoms with Crippen LogP contribution in [0.2, 0.25) is 0 Å². The maximum absolute atomic E-state index is 13.0. The molecule has 0 radical (unpaired) electrons. The summed E-state index contributed by atoms with van der Waals surface area (Å²) >= 11 is 0. The van der Waals surface area contributed by atoms with E-state index in [1.165, 1.54) is 23.1 Å². The number of piperazine rings is 1. The van der Waals surface area contributed by atoms with Crippen LogP contribution in [-0.2, 0) is 9.59 Å². The van der Waals surface area contributed by atoms with Gasteiger partial charge in [-0.1, -0.05) is 0 Å². The zero-order valence-electron chi connectivity index (χ0n) is 10.6. The molecule has 100 valence electrons. The molecule has 6 heteroatoms. The molecule has 1 fully saturated rings. The summed E-state index contributed by atoms with van der Waals surface area (Å²) in [6, 6.07) is 3.05. The predicted molar refractivity (Wildman–Crippen MR) is 64.8 cm³/mol. The summed E-state index contributed by atoms with van der Waals surface area (Å²) in [5.74, 6) is -1.91. The van der Waals surface area contributed by atoms with Gasteiger partial charge in [-0.05, 0) is 37.6 Å². The fourth-order valence-electron chi connectivity index (χ4n) is 1.98. The van der Waals surface area contributed by atoms with E-state index >= 15 is 0 Å². The molecular weight excluding hydrogens is 251 g/mol. The first-order valence-electron chi connectivity index (χ1n) is 5.81. The van der Waals surface area contributed by atoms with Gasteiger partial charge in [0.15, 0.2) is 0 Å². The lowest BCUT2D eigenvalue weighted by molar-refractivity contribution is -0.138. The number of hydrogen-bond acceptors (Lipinski definition) is 3. The Morgan fingerprint density at radius 1 is 1.42 bits per heavy atom. The zero-order valence-corrected chi connectivity index (χ0v) is 10.6. The van der Waals surface area contributed by atoms with Crippen molar-refractivity contribution in [3.8, 4) is 0 Å². The lowest BCUT2D eigenvalue weighted by atomic mass is 10.1. The van der Waals surface area contributed by atoms with Crippen LogP contribution in [0.4, 0.5) is 4.39 Å². The van der Waals surface area contributed by atoms with Gasteiger partial charge in [-0.2, -0.15) is 0 Å². The average molecular weight is 264 g/mol. The van der Waals surface area contributed by atoms with E-state index in [-0.39, 0.29) is 12.1 Å². The molecule has 1 heterocycles. The summed E-state index contributed by atoms with van der Waals surface area (Å²) < 4.78 is 13.0. The summed E-state index contributed by atoms with van der Waals surface area (Å²) in [4.78, 5) is 36.3. The third-order valence-corrected chi connectivity index (χ3v) is 3.10. The highest BCUT2D eigenvalue weighted by Crippen LogP contribution is 2.16. The van der Waals surface area contributed by atoms with Crippen LogP contribution in [0.25, 0.3) is 0 Å². The Labute approximate surface area is 109 Å². The van der Waals surface area contributed by atoms with E-state index in [1.807, 2.05) is 0 Å². The average Bonchev–Trinajstić information content (AvgIpc) is 2.33. The molecule has 2 rings (SSSR count). The second-order valence-corrected chi connectivity index (χ2v) is 4.48. The van der Waals surface area contributed by atoms with Crippen molar-refractivity contribution in [1.82, 2.24) is 10.2 Å². The summed E-state index contributed by atoms with van der Waals surface area (Å²) in [7, 11) is 0. The molecule has 1 aromatic rings. The number of nitrogens with one attached hydrogen (secondary N) is 1. The number of carbonyl (C=O) groups is 3. The lowest BCUT2D eigenvalue weighted by Crippen LogP contribution is -2.58. The van der Waals surface area contributed by atoms with Gasteiger partial charge in [-0.25, -0.2) is 4.39 Å². The van der Waals surface area contributed by atoms with E-state index in [4.69, 9.17) is 0 Å². The van der Waals surface area contributed by atoms with E-state index in [1.54, 1.807) is 13.8 Å². The molecule has 1 aliphatic rings. The van der Waals surface area contributed by atoms with Crippen molar-refractivity contribution in [2.45, 2.75) is 19.9 Å². The minimum atomic E-state index is -0.727. The molecule has 1 N–H and O–H groups in total. The standard InChI is InChI=1S/C13H13FN2O3/c1-7-5-9(14)3-4-10(7)13(19)16-6-11(17)15-12(18)8(16)2/h3-5,8H,6H2,1-2H3,(H,15,17,18). The van der Waals surface area contributed by atoms with Gasteiger partial charge in [0, 0.05) is 5.56 Å². The highest BCUT2D eigenvalue weighted by Gasteiger charge is 2.34. The van der Waals surface area contributed by atoms with Gasteiger partial charge in [-0.15, -0.1) is 0 Å². The molecular formula is C13H13FN2O3. The fourth-order valence-corrected chi connectivity index (χ4v) is 1.98. The maximum Gasteiger partial charge on any atom is 0.255 e. The summed E-state index contributed by atoms with van der Waals surface area (Å²) in [6.07, 6.45) is 0. The number of imide groups is 1. The van der Waals surface area contributed by atoms with Gasteiger partial charge in [0.05, 0.1) is 0 Å². The smallest absolute Gasteiger partial charge is 0.255 e. The highest BCUT2D eigenvalue weighted by atomic mass is 19.1. The Kier molecular flexibility index (Phi) is 3.33. The second-order valence-electron chi connectivity index (χ2n) is 4.48. The fraction of sp³-hybridized carbons (Fsp3) is 0.308. The van der Waals surface area contributed by atoms with Gasteiger partial charge >= 0.3 is 0 Å². The SMILES string of the molecule is Cc1cc(F)ccc1C(=O)N1CC(=O)NC(=O)C1C. The third-order valence-electron chi connectivity index (χ3n) is 3.10. The van der Waals surface area contributed by atoms with Crippen LogP contribution in [-0.4, -0.2) is 35.2 Å².